The summed E-state index contributed by atoms with van der Waals surface area (Å²) in [7, 11) is 0. The highest BCUT2D eigenvalue weighted by atomic mass is 19.4. The van der Waals surface area contributed by atoms with Gasteiger partial charge >= 0.3 is 6.18 Å². The van der Waals surface area contributed by atoms with Crippen LogP contribution in [0.25, 0.3) is 11.4 Å². The van der Waals surface area contributed by atoms with Crippen LogP contribution in [0.15, 0.2) is 28.8 Å². The SMILES string of the molecule is CC(C)CC(=O)N(CCc1nc(-c2ccc(C(F)(F)F)cc2)no1)C1CCCCC1. The average molecular weight is 423 g/mol. The summed E-state index contributed by atoms with van der Waals surface area (Å²) >= 11 is 0. The molecule has 8 heteroatoms. The Balaban J connectivity index is 1.66. The quantitative estimate of drug-likeness (QED) is 0.590. The van der Waals surface area contributed by atoms with Gasteiger partial charge in [-0.05, 0) is 30.9 Å². The molecule has 1 aliphatic carbocycles. The van der Waals surface area contributed by atoms with E-state index in [0.29, 0.717) is 36.8 Å². The van der Waals surface area contributed by atoms with Gasteiger partial charge in [0.1, 0.15) is 0 Å². The van der Waals surface area contributed by atoms with Gasteiger partial charge in [0.25, 0.3) is 0 Å². The minimum absolute atomic E-state index is 0.152. The summed E-state index contributed by atoms with van der Waals surface area (Å²) in [5.74, 6) is 1.07. The average Bonchev–Trinajstić information content (AvgIpc) is 3.17. The van der Waals surface area contributed by atoms with E-state index >= 15 is 0 Å². The highest BCUT2D eigenvalue weighted by Gasteiger charge is 2.30. The van der Waals surface area contributed by atoms with Gasteiger partial charge in [0.05, 0.1) is 5.56 Å². The third kappa shape index (κ3) is 5.83. The number of benzene rings is 1. The van der Waals surface area contributed by atoms with Crippen LogP contribution in [0, 0.1) is 5.92 Å². The molecule has 164 valence electrons. The summed E-state index contributed by atoms with van der Waals surface area (Å²) in [4.78, 5) is 19.1. The molecule has 5 nitrogen and oxygen atoms in total. The number of aromatic nitrogens is 2. The van der Waals surface area contributed by atoms with Crippen molar-refractivity contribution in [2.45, 2.75) is 71.0 Å². The van der Waals surface area contributed by atoms with E-state index in [9.17, 15) is 18.0 Å². The maximum atomic E-state index is 12.8. The van der Waals surface area contributed by atoms with E-state index in [1.165, 1.54) is 18.6 Å². The molecule has 1 aliphatic rings. The normalized spacial score (nSPS) is 15.5. The van der Waals surface area contributed by atoms with Crippen LogP contribution in [0.5, 0.6) is 0 Å². The first-order chi connectivity index (χ1) is 14.2. The minimum Gasteiger partial charge on any atom is -0.339 e. The summed E-state index contributed by atoms with van der Waals surface area (Å²) in [5.41, 5.74) is -0.264. The molecule has 2 aromatic rings. The number of rotatable bonds is 7. The van der Waals surface area contributed by atoms with Crippen LogP contribution in [-0.4, -0.2) is 33.5 Å². The summed E-state index contributed by atoms with van der Waals surface area (Å²) in [5, 5.41) is 3.89. The van der Waals surface area contributed by atoms with Gasteiger partial charge < -0.3 is 9.42 Å². The van der Waals surface area contributed by atoms with E-state index in [1.807, 2.05) is 18.7 Å². The summed E-state index contributed by atoms with van der Waals surface area (Å²) in [6, 6.07) is 4.92. The number of hydrogen-bond acceptors (Lipinski definition) is 4. The fraction of sp³-hybridized carbons (Fsp3) is 0.591. The number of amides is 1. The Morgan fingerprint density at radius 1 is 1.17 bits per heavy atom. The van der Waals surface area contributed by atoms with Gasteiger partial charge in [0, 0.05) is 31.0 Å². The molecule has 1 fully saturated rings. The predicted octanol–water partition coefficient (Wildman–Crippen LogP) is 5.51. The lowest BCUT2D eigenvalue weighted by Gasteiger charge is -2.34. The summed E-state index contributed by atoms with van der Waals surface area (Å²) in [6.45, 7) is 4.57. The van der Waals surface area contributed by atoms with Crippen LogP contribution < -0.4 is 0 Å². The van der Waals surface area contributed by atoms with E-state index in [1.54, 1.807) is 0 Å². The van der Waals surface area contributed by atoms with E-state index in [-0.39, 0.29) is 17.8 Å². The van der Waals surface area contributed by atoms with Crippen molar-refractivity contribution < 1.29 is 22.5 Å². The van der Waals surface area contributed by atoms with Crippen molar-refractivity contribution in [3.63, 3.8) is 0 Å². The highest BCUT2D eigenvalue weighted by Crippen LogP contribution is 2.30. The number of carbonyl (C=O) groups is 1. The second-order valence-electron chi connectivity index (χ2n) is 8.31. The zero-order valence-electron chi connectivity index (χ0n) is 17.4. The monoisotopic (exact) mass is 423 g/mol. The van der Waals surface area contributed by atoms with Gasteiger partial charge in [-0.15, -0.1) is 0 Å². The van der Waals surface area contributed by atoms with Crippen molar-refractivity contribution in [3.05, 3.63) is 35.7 Å². The van der Waals surface area contributed by atoms with Crippen LogP contribution >= 0.6 is 0 Å². The molecule has 1 aromatic carbocycles. The van der Waals surface area contributed by atoms with Crippen molar-refractivity contribution in [1.82, 2.24) is 15.0 Å². The third-order valence-corrected chi connectivity index (χ3v) is 5.42. The molecule has 30 heavy (non-hydrogen) atoms. The molecule has 0 atom stereocenters. The second-order valence-corrected chi connectivity index (χ2v) is 8.31. The molecule has 0 bridgehead atoms. The molecule has 3 rings (SSSR count). The molecular formula is C22H28F3N3O2. The standard InChI is InChI=1S/C22H28F3N3O2/c1-15(2)14-20(29)28(18-6-4-3-5-7-18)13-12-19-26-21(27-30-19)16-8-10-17(11-9-16)22(23,24)25/h8-11,15,18H,3-7,12-14H2,1-2H3. The molecule has 0 aliphatic heterocycles. The highest BCUT2D eigenvalue weighted by molar-refractivity contribution is 5.76. The lowest BCUT2D eigenvalue weighted by molar-refractivity contribution is -0.137. The van der Waals surface area contributed by atoms with Crippen LogP contribution in [0.1, 0.15) is 63.8 Å². The first-order valence-corrected chi connectivity index (χ1v) is 10.5. The van der Waals surface area contributed by atoms with Crippen LogP contribution in [0.4, 0.5) is 13.2 Å². The Kier molecular flexibility index (Phi) is 7.15. The molecule has 0 spiro atoms. The Morgan fingerprint density at radius 3 is 2.43 bits per heavy atom. The lowest BCUT2D eigenvalue weighted by Crippen LogP contribution is -2.43. The van der Waals surface area contributed by atoms with Crippen molar-refractivity contribution in [2.24, 2.45) is 5.92 Å². The summed E-state index contributed by atoms with van der Waals surface area (Å²) in [6.07, 6.45) is 2.07. The number of halogens is 3. The van der Waals surface area contributed by atoms with Gasteiger partial charge in [-0.25, -0.2) is 0 Å². The Bertz CT molecular complexity index is 825. The van der Waals surface area contributed by atoms with Gasteiger partial charge in [-0.2, -0.15) is 18.2 Å². The van der Waals surface area contributed by atoms with Crippen molar-refractivity contribution in [2.75, 3.05) is 6.54 Å². The van der Waals surface area contributed by atoms with E-state index < -0.39 is 11.7 Å². The van der Waals surface area contributed by atoms with Crippen molar-refractivity contribution >= 4 is 5.91 Å². The van der Waals surface area contributed by atoms with Gasteiger partial charge in [-0.3, -0.25) is 4.79 Å². The zero-order valence-corrected chi connectivity index (χ0v) is 17.4. The van der Waals surface area contributed by atoms with E-state index in [2.05, 4.69) is 10.1 Å². The number of carbonyl (C=O) groups excluding carboxylic acids is 1. The molecule has 1 saturated carbocycles. The summed E-state index contributed by atoms with van der Waals surface area (Å²) < 4.78 is 43.4. The fourth-order valence-electron chi connectivity index (χ4n) is 3.87. The lowest BCUT2D eigenvalue weighted by atomic mass is 9.93. The molecule has 0 radical (unpaired) electrons. The van der Waals surface area contributed by atoms with Crippen LogP contribution in [0.2, 0.25) is 0 Å². The van der Waals surface area contributed by atoms with E-state index in [4.69, 9.17) is 4.52 Å². The number of hydrogen-bond donors (Lipinski definition) is 0. The molecule has 1 heterocycles. The topological polar surface area (TPSA) is 59.2 Å². The smallest absolute Gasteiger partial charge is 0.339 e. The van der Waals surface area contributed by atoms with Crippen LogP contribution in [0.3, 0.4) is 0 Å². The Hall–Kier alpha value is -2.38. The Morgan fingerprint density at radius 2 is 1.83 bits per heavy atom. The Labute approximate surface area is 174 Å². The molecule has 1 aromatic heterocycles. The van der Waals surface area contributed by atoms with Crippen molar-refractivity contribution in [3.8, 4) is 11.4 Å². The van der Waals surface area contributed by atoms with Crippen molar-refractivity contribution in [1.29, 1.82) is 0 Å². The van der Waals surface area contributed by atoms with Gasteiger partial charge in [-0.1, -0.05) is 50.4 Å². The van der Waals surface area contributed by atoms with Crippen LogP contribution in [-0.2, 0) is 17.4 Å². The minimum atomic E-state index is -4.38. The number of nitrogens with zero attached hydrogens (tertiary/aromatic N) is 3. The maximum Gasteiger partial charge on any atom is 0.416 e. The fourth-order valence-corrected chi connectivity index (χ4v) is 3.87. The maximum absolute atomic E-state index is 12.8. The predicted molar refractivity (Wildman–Crippen MR) is 106 cm³/mol. The molecule has 0 saturated heterocycles. The molecular weight excluding hydrogens is 395 g/mol. The van der Waals surface area contributed by atoms with Gasteiger partial charge in [0.15, 0.2) is 0 Å². The first kappa shape index (κ1) is 22.3. The third-order valence-electron chi connectivity index (χ3n) is 5.42. The molecule has 0 unspecified atom stereocenters. The first-order valence-electron chi connectivity index (χ1n) is 10.5. The molecule has 0 N–H and O–H groups in total. The second kappa shape index (κ2) is 9.62. The number of alkyl halides is 3. The van der Waals surface area contributed by atoms with Gasteiger partial charge in [0.2, 0.25) is 17.6 Å². The van der Waals surface area contributed by atoms with E-state index in [0.717, 1.165) is 37.8 Å². The zero-order chi connectivity index (χ0) is 21.7. The molecule has 1 amide bonds. The largest absolute Gasteiger partial charge is 0.416 e.